The number of benzene rings is 3. The lowest BCUT2D eigenvalue weighted by atomic mass is 9.88. The van der Waals surface area contributed by atoms with Crippen molar-refractivity contribution in [3.8, 4) is 0 Å². The maximum Gasteiger partial charge on any atom is 0.282 e. The molecule has 1 aliphatic rings. The number of hydrogen-bond donors (Lipinski definition) is 1. The number of halogens is 1. The number of carbonyl (C=O) groups is 1. The SMILES string of the molecule is Cc1ccc(NC(=O)Cn2c(C)c(C=Nn3c(C4CCCCC4)nc4ccc(Br)cc4c3=O)c3ccccc32)cc1. The predicted octanol–water partition coefficient (Wildman–Crippen LogP) is 7.30. The first-order chi connectivity index (χ1) is 19.9. The Labute approximate surface area is 247 Å². The molecule has 2 heterocycles. The van der Waals surface area contributed by atoms with E-state index in [0.29, 0.717) is 10.9 Å². The molecule has 8 heteroatoms. The molecule has 1 aliphatic carbocycles. The first-order valence-electron chi connectivity index (χ1n) is 14.1. The van der Waals surface area contributed by atoms with Gasteiger partial charge in [0.1, 0.15) is 12.4 Å². The van der Waals surface area contributed by atoms with Crippen LogP contribution < -0.4 is 10.9 Å². The molecule has 0 atom stereocenters. The van der Waals surface area contributed by atoms with Gasteiger partial charge in [0.25, 0.3) is 5.56 Å². The van der Waals surface area contributed by atoms with E-state index in [9.17, 15) is 9.59 Å². The molecular formula is C33H32BrN5O2. The van der Waals surface area contributed by atoms with Crippen molar-refractivity contribution in [2.45, 2.75) is 58.4 Å². The number of hydrogen-bond acceptors (Lipinski definition) is 4. The average Bonchev–Trinajstić information content (AvgIpc) is 3.24. The van der Waals surface area contributed by atoms with Crippen LogP contribution in [0.2, 0.25) is 0 Å². The highest BCUT2D eigenvalue weighted by atomic mass is 79.9. The van der Waals surface area contributed by atoms with Gasteiger partial charge in [-0.3, -0.25) is 9.59 Å². The number of aromatic nitrogens is 3. The summed E-state index contributed by atoms with van der Waals surface area (Å²) in [5, 5.41) is 9.30. The smallest absolute Gasteiger partial charge is 0.282 e. The zero-order valence-electron chi connectivity index (χ0n) is 23.2. The van der Waals surface area contributed by atoms with Gasteiger partial charge in [0.15, 0.2) is 0 Å². The van der Waals surface area contributed by atoms with Crippen LogP contribution in [0.5, 0.6) is 0 Å². The maximum absolute atomic E-state index is 13.8. The largest absolute Gasteiger partial charge is 0.335 e. The number of carbonyl (C=O) groups excluding carboxylic acids is 1. The minimum absolute atomic E-state index is 0.110. The zero-order chi connectivity index (χ0) is 28.5. The molecule has 0 unspecified atom stereocenters. The van der Waals surface area contributed by atoms with Crippen molar-refractivity contribution in [1.29, 1.82) is 0 Å². The van der Waals surface area contributed by atoms with Gasteiger partial charge in [-0.2, -0.15) is 9.78 Å². The highest BCUT2D eigenvalue weighted by Crippen LogP contribution is 2.32. The maximum atomic E-state index is 13.8. The lowest BCUT2D eigenvalue weighted by Gasteiger charge is -2.22. The molecule has 3 aromatic carbocycles. The molecule has 0 bridgehead atoms. The quantitative estimate of drug-likeness (QED) is 0.205. The Morgan fingerprint density at radius 2 is 1.78 bits per heavy atom. The van der Waals surface area contributed by atoms with E-state index in [1.165, 1.54) is 11.1 Å². The van der Waals surface area contributed by atoms with E-state index in [0.717, 1.165) is 69.4 Å². The molecule has 41 heavy (non-hydrogen) atoms. The summed E-state index contributed by atoms with van der Waals surface area (Å²) >= 11 is 3.50. The van der Waals surface area contributed by atoms with Gasteiger partial charge in [-0.25, -0.2) is 4.98 Å². The Kier molecular flexibility index (Phi) is 7.58. The second-order valence-electron chi connectivity index (χ2n) is 10.8. The number of aryl methyl sites for hydroxylation is 1. The summed E-state index contributed by atoms with van der Waals surface area (Å²) in [5.74, 6) is 0.801. The molecule has 0 radical (unpaired) electrons. The fraction of sp³-hybridized carbons (Fsp3) is 0.273. The van der Waals surface area contributed by atoms with Crippen LogP contribution >= 0.6 is 15.9 Å². The van der Waals surface area contributed by atoms with Crippen molar-refractivity contribution in [3.63, 3.8) is 0 Å². The molecule has 1 N–H and O–H groups in total. The number of nitrogens with one attached hydrogen (secondary N) is 1. The van der Waals surface area contributed by atoms with E-state index in [4.69, 9.17) is 10.1 Å². The first-order valence-corrected chi connectivity index (χ1v) is 14.9. The Morgan fingerprint density at radius 3 is 2.56 bits per heavy atom. The zero-order valence-corrected chi connectivity index (χ0v) is 24.8. The van der Waals surface area contributed by atoms with E-state index in [1.54, 1.807) is 6.21 Å². The van der Waals surface area contributed by atoms with Crippen LogP contribution in [0.3, 0.4) is 0 Å². The first kappa shape index (κ1) is 27.1. The third kappa shape index (κ3) is 5.48. The van der Waals surface area contributed by atoms with Gasteiger partial charge in [-0.05, 0) is 63.1 Å². The molecule has 0 saturated heterocycles. The summed E-state index contributed by atoms with van der Waals surface area (Å²) in [6, 6.07) is 21.4. The van der Waals surface area contributed by atoms with E-state index >= 15 is 0 Å². The number of anilines is 1. The molecule has 1 amide bonds. The lowest BCUT2D eigenvalue weighted by molar-refractivity contribution is -0.116. The van der Waals surface area contributed by atoms with Gasteiger partial charge >= 0.3 is 0 Å². The molecule has 1 saturated carbocycles. The van der Waals surface area contributed by atoms with Crippen molar-refractivity contribution >= 4 is 55.5 Å². The summed E-state index contributed by atoms with van der Waals surface area (Å²) in [5.41, 5.74) is 5.13. The van der Waals surface area contributed by atoms with Crippen LogP contribution in [-0.2, 0) is 11.3 Å². The van der Waals surface area contributed by atoms with Gasteiger partial charge in [-0.15, -0.1) is 0 Å². The summed E-state index contributed by atoms with van der Waals surface area (Å²) in [7, 11) is 0. The highest BCUT2D eigenvalue weighted by Gasteiger charge is 2.23. The number of fused-ring (bicyclic) bond motifs is 2. The van der Waals surface area contributed by atoms with Crippen molar-refractivity contribution < 1.29 is 4.79 Å². The van der Waals surface area contributed by atoms with Crippen LogP contribution in [-0.4, -0.2) is 26.3 Å². The topological polar surface area (TPSA) is 81.3 Å². The van der Waals surface area contributed by atoms with Crippen molar-refractivity contribution in [2.75, 3.05) is 5.32 Å². The van der Waals surface area contributed by atoms with E-state index in [1.807, 2.05) is 85.1 Å². The third-order valence-electron chi connectivity index (χ3n) is 8.02. The second kappa shape index (κ2) is 11.4. The molecule has 1 fully saturated rings. The Balaban J connectivity index is 1.41. The normalized spacial score (nSPS) is 14.3. The molecule has 5 aromatic rings. The Hall–Kier alpha value is -4.04. The van der Waals surface area contributed by atoms with Crippen LogP contribution in [0.4, 0.5) is 5.69 Å². The summed E-state index contributed by atoms with van der Waals surface area (Å²) in [4.78, 5) is 31.8. The van der Waals surface area contributed by atoms with Crippen LogP contribution in [0, 0.1) is 13.8 Å². The number of rotatable bonds is 6. The molecule has 0 aliphatic heterocycles. The lowest BCUT2D eigenvalue weighted by Crippen LogP contribution is -2.25. The minimum atomic E-state index is -0.174. The summed E-state index contributed by atoms with van der Waals surface area (Å²) < 4.78 is 4.33. The molecule has 208 valence electrons. The molecule has 0 spiro atoms. The van der Waals surface area contributed by atoms with Crippen LogP contribution in [0.1, 0.15) is 60.7 Å². The molecular weight excluding hydrogens is 578 g/mol. The van der Waals surface area contributed by atoms with Gasteiger partial charge < -0.3 is 9.88 Å². The number of amides is 1. The van der Waals surface area contributed by atoms with Crippen LogP contribution in [0.25, 0.3) is 21.8 Å². The van der Waals surface area contributed by atoms with Crippen LogP contribution in [0.15, 0.2) is 81.1 Å². The third-order valence-corrected chi connectivity index (χ3v) is 8.52. The summed E-state index contributed by atoms with van der Waals surface area (Å²) in [6.45, 7) is 4.16. The Bertz CT molecular complexity index is 1850. The van der Waals surface area contributed by atoms with Crippen molar-refractivity contribution in [1.82, 2.24) is 14.2 Å². The van der Waals surface area contributed by atoms with Gasteiger partial charge in [-0.1, -0.05) is 71.1 Å². The standard InChI is InChI=1S/C33H32BrN5O2/c1-21-12-15-25(16-13-21)36-31(40)20-38-22(2)28(26-10-6-7-11-30(26)38)19-35-39-32(23-8-4-3-5-9-23)37-29-17-14-24(34)18-27(29)33(39)41/h6-7,10-19,23H,3-5,8-9,20H2,1-2H3,(H,36,40). The van der Waals surface area contributed by atoms with Gasteiger partial charge in [0.2, 0.25) is 5.91 Å². The monoisotopic (exact) mass is 609 g/mol. The van der Waals surface area contributed by atoms with Gasteiger partial charge in [0.05, 0.1) is 17.1 Å². The fourth-order valence-electron chi connectivity index (χ4n) is 5.82. The van der Waals surface area contributed by atoms with Crippen molar-refractivity contribution in [2.24, 2.45) is 5.10 Å². The fourth-order valence-corrected chi connectivity index (χ4v) is 6.18. The number of para-hydroxylation sites is 1. The summed E-state index contributed by atoms with van der Waals surface area (Å²) in [6.07, 6.45) is 7.21. The molecule has 6 rings (SSSR count). The Morgan fingerprint density at radius 1 is 1.02 bits per heavy atom. The van der Waals surface area contributed by atoms with E-state index in [-0.39, 0.29) is 23.9 Å². The number of nitrogens with zero attached hydrogens (tertiary/aromatic N) is 4. The molecule has 2 aromatic heterocycles. The molecule has 7 nitrogen and oxygen atoms in total. The van der Waals surface area contributed by atoms with Crippen molar-refractivity contribution in [3.05, 3.63) is 104 Å². The minimum Gasteiger partial charge on any atom is -0.335 e. The van der Waals surface area contributed by atoms with E-state index < -0.39 is 0 Å². The van der Waals surface area contributed by atoms with Gasteiger partial charge in [0, 0.05) is 38.2 Å². The highest BCUT2D eigenvalue weighted by molar-refractivity contribution is 9.10. The van der Waals surface area contributed by atoms with E-state index in [2.05, 4.69) is 21.2 Å². The second-order valence-corrected chi connectivity index (χ2v) is 11.8. The average molecular weight is 611 g/mol. The predicted molar refractivity (Wildman–Crippen MR) is 169 cm³/mol.